The Balaban J connectivity index is 1.88. The van der Waals surface area contributed by atoms with Crippen molar-refractivity contribution >= 4 is 11.9 Å². The van der Waals surface area contributed by atoms with E-state index in [1.807, 2.05) is 38.1 Å². The van der Waals surface area contributed by atoms with Crippen LogP contribution in [0.4, 0.5) is 10.3 Å². The van der Waals surface area contributed by atoms with E-state index < -0.39 is 11.1 Å². The number of carbonyl (C=O) groups excluding carboxylic acids is 1. The summed E-state index contributed by atoms with van der Waals surface area (Å²) in [5, 5.41) is 2.74. The van der Waals surface area contributed by atoms with Gasteiger partial charge in [-0.3, -0.25) is 4.79 Å². The smallest absolute Gasteiger partial charge is 0.225 e. The van der Waals surface area contributed by atoms with Crippen molar-refractivity contribution in [3.8, 4) is 0 Å². The average molecular weight is 322 g/mol. The topological polar surface area (TPSA) is 58.1 Å². The lowest BCUT2D eigenvalue weighted by atomic mass is 9.91. The van der Waals surface area contributed by atoms with Gasteiger partial charge in [0.15, 0.2) is 0 Å². The van der Waals surface area contributed by atoms with E-state index in [1.54, 1.807) is 0 Å². The molecule has 2 heterocycles. The van der Waals surface area contributed by atoms with E-state index in [4.69, 9.17) is 0 Å². The number of hydrogen-bond acceptors (Lipinski definition) is 4. The van der Waals surface area contributed by atoms with Crippen molar-refractivity contribution in [1.82, 2.24) is 15.3 Å². The van der Waals surface area contributed by atoms with Gasteiger partial charge in [-0.05, 0) is 12.0 Å². The van der Waals surface area contributed by atoms with Gasteiger partial charge in [-0.15, -0.1) is 0 Å². The molecule has 0 aliphatic carbocycles. The van der Waals surface area contributed by atoms with Gasteiger partial charge >= 0.3 is 0 Å². The third-order valence-corrected chi connectivity index (χ3v) is 4.29. The second-order valence-electron chi connectivity index (χ2n) is 7.32. The van der Waals surface area contributed by atoms with E-state index in [2.05, 4.69) is 22.2 Å². The molecule has 23 heavy (non-hydrogen) atoms. The second-order valence-corrected chi connectivity index (χ2v) is 7.32. The minimum absolute atomic E-state index is 0.0760. The fraction of sp³-hybridized carbons (Fsp3) is 0.706. The van der Waals surface area contributed by atoms with Crippen molar-refractivity contribution in [3.05, 3.63) is 18.0 Å². The molecule has 0 radical (unpaired) electrons. The van der Waals surface area contributed by atoms with E-state index in [0.717, 1.165) is 12.0 Å². The largest absolute Gasteiger partial charge is 0.352 e. The molecule has 5 nitrogen and oxygen atoms in total. The number of halogens is 1. The highest BCUT2D eigenvalue weighted by Crippen LogP contribution is 2.28. The first-order valence-corrected chi connectivity index (χ1v) is 8.27. The monoisotopic (exact) mass is 322 g/mol. The van der Waals surface area contributed by atoms with Gasteiger partial charge < -0.3 is 10.2 Å². The van der Waals surface area contributed by atoms with Crippen molar-refractivity contribution in [1.29, 1.82) is 0 Å². The Hall–Kier alpha value is -1.72. The number of hydrogen-bond donors (Lipinski definition) is 1. The molecule has 1 saturated heterocycles. The highest BCUT2D eigenvalue weighted by atomic mass is 19.1. The highest BCUT2D eigenvalue weighted by Gasteiger charge is 2.36. The maximum Gasteiger partial charge on any atom is 0.225 e. The number of piperidine rings is 1. The van der Waals surface area contributed by atoms with Gasteiger partial charge in [-0.1, -0.05) is 27.7 Å². The van der Waals surface area contributed by atoms with E-state index in [0.29, 0.717) is 31.9 Å². The lowest BCUT2D eigenvalue weighted by molar-refractivity contribution is -0.129. The molecule has 0 aromatic carbocycles. The predicted octanol–water partition coefficient (Wildman–Crippen LogP) is 2.51. The van der Waals surface area contributed by atoms with Crippen LogP contribution in [-0.2, 0) is 11.2 Å². The van der Waals surface area contributed by atoms with Crippen LogP contribution in [-0.4, -0.2) is 41.2 Å². The second kappa shape index (κ2) is 6.81. The lowest BCUT2D eigenvalue weighted by Crippen LogP contribution is -2.50. The van der Waals surface area contributed by atoms with Crippen LogP contribution < -0.4 is 10.2 Å². The molecule has 1 aromatic heterocycles. The Morgan fingerprint density at radius 3 is 2.35 bits per heavy atom. The molecule has 0 atom stereocenters. The molecule has 0 bridgehead atoms. The Labute approximate surface area is 137 Å². The number of aryl methyl sites for hydroxylation is 1. The number of anilines is 1. The van der Waals surface area contributed by atoms with Crippen LogP contribution in [0.1, 0.15) is 46.1 Å². The standard InChI is InChI=1S/C17H27FN4O/c1-5-13-10-19-15(20-11-13)22-8-6-17(18,7-9-22)12-21-14(23)16(2,3)4/h10-11H,5-9,12H2,1-4H3,(H,21,23). The minimum Gasteiger partial charge on any atom is -0.352 e. The van der Waals surface area contributed by atoms with Gasteiger partial charge in [0.25, 0.3) is 0 Å². The van der Waals surface area contributed by atoms with Crippen LogP contribution in [0.3, 0.4) is 0 Å². The van der Waals surface area contributed by atoms with Gasteiger partial charge in [0.1, 0.15) is 5.67 Å². The van der Waals surface area contributed by atoms with Crippen LogP contribution in [0.5, 0.6) is 0 Å². The highest BCUT2D eigenvalue weighted by molar-refractivity contribution is 5.81. The fourth-order valence-electron chi connectivity index (χ4n) is 2.48. The summed E-state index contributed by atoms with van der Waals surface area (Å²) in [4.78, 5) is 22.6. The number of carbonyl (C=O) groups is 1. The average Bonchev–Trinajstić information content (AvgIpc) is 2.53. The van der Waals surface area contributed by atoms with Gasteiger partial charge in [-0.25, -0.2) is 14.4 Å². The van der Waals surface area contributed by atoms with Crippen molar-refractivity contribution in [2.45, 2.75) is 52.6 Å². The summed E-state index contributed by atoms with van der Waals surface area (Å²) >= 11 is 0. The first kappa shape index (κ1) is 17.6. The third-order valence-electron chi connectivity index (χ3n) is 4.29. The molecule has 6 heteroatoms. The number of aromatic nitrogens is 2. The van der Waals surface area contributed by atoms with E-state index in [-0.39, 0.29) is 12.5 Å². The van der Waals surface area contributed by atoms with Gasteiger partial charge in [0.2, 0.25) is 11.9 Å². The number of amides is 1. The Morgan fingerprint density at radius 2 is 1.87 bits per heavy atom. The van der Waals surface area contributed by atoms with E-state index in [9.17, 15) is 9.18 Å². The van der Waals surface area contributed by atoms with Crippen LogP contribution in [0.25, 0.3) is 0 Å². The van der Waals surface area contributed by atoms with Crippen molar-refractivity contribution in [2.24, 2.45) is 5.41 Å². The normalized spacial score (nSPS) is 17.9. The molecule has 1 aliphatic heterocycles. The van der Waals surface area contributed by atoms with Crippen LogP contribution >= 0.6 is 0 Å². The summed E-state index contributed by atoms with van der Waals surface area (Å²) in [6, 6.07) is 0. The summed E-state index contributed by atoms with van der Waals surface area (Å²) in [5.74, 6) is 0.540. The molecule has 0 spiro atoms. The molecular formula is C17H27FN4O. The van der Waals surface area contributed by atoms with Crippen LogP contribution in [0, 0.1) is 5.41 Å². The molecule has 128 valence electrons. The van der Waals surface area contributed by atoms with Crippen LogP contribution in [0.15, 0.2) is 12.4 Å². The van der Waals surface area contributed by atoms with Crippen LogP contribution in [0.2, 0.25) is 0 Å². The molecule has 1 fully saturated rings. The molecule has 0 saturated carbocycles. The molecule has 1 aliphatic rings. The van der Waals surface area contributed by atoms with Gasteiger partial charge in [-0.2, -0.15) is 0 Å². The fourth-order valence-corrected chi connectivity index (χ4v) is 2.48. The summed E-state index contributed by atoms with van der Waals surface area (Å²) in [7, 11) is 0. The first-order valence-electron chi connectivity index (χ1n) is 8.27. The molecule has 0 unspecified atom stereocenters. The molecule has 2 rings (SSSR count). The Kier molecular flexibility index (Phi) is 5.22. The van der Waals surface area contributed by atoms with Crippen molar-refractivity contribution in [2.75, 3.05) is 24.5 Å². The first-order chi connectivity index (χ1) is 10.7. The maximum atomic E-state index is 14.8. The molecule has 1 aromatic rings. The summed E-state index contributed by atoms with van der Waals surface area (Å²) in [6.07, 6.45) is 5.29. The number of nitrogens with zero attached hydrogens (tertiary/aromatic N) is 3. The predicted molar refractivity (Wildman–Crippen MR) is 89.2 cm³/mol. The number of alkyl halides is 1. The maximum absolute atomic E-state index is 14.8. The summed E-state index contributed by atoms with van der Waals surface area (Å²) < 4.78 is 14.8. The molecule has 1 amide bonds. The SMILES string of the molecule is CCc1cnc(N2CCC(F)(CNC(=O)C(C)(C)C)CC2)nc1. The lowest BCUT2D eigenvalue weighted by Gasteiger charge is -2.36. The Morgan fingerprint density at radius 1 is 1.30 bits per heavy atom. The van der Waals surface area contributed by atoms with E-state index in [1.165, 1.54) is 0 Å². The molecule has 1 N–H and O–H groups in total. The van der Waals surface area contributed by atoms with Crippen molar-refractivity contribution in [3.63, 3.8) is 0 Å². The van der Waals surface area contributed by atoms with Crippen molar-refractivity contribution < 1.29 is 9.18 Å². The quantitative estimate of drug-likeness (QED) is 0.925. The number of rotatable bonds is 4. The zero-order valence-electron chi connectivity index (χ0n) is 14.5. The summed E-state index contributed by atoms with van der Waals surface area (Å²) in [5.41, 5.74) is -0.748. The summed E-state index contributed by atoms with van der Waals surface area (Å²) in [6.45, 7) is 8.74. The van der Waals surface area contributed by atoms with E-state index >= 15 is 0 Å². The minimum atomic E-state index is -1.35. The zero-order valence-corrected chi connectivity index (χ0v) is 14.5. The number of nitrogens with one attached hydrogen (secondary N) is 1. The van der Waals surface area contributed by atoms with Gasteiger partial charge in [0, 0.05) is 43.7 Å². The zero-order chi connectivity index (χ0) is 17.1. The molecular weight excluding hydrogens is 295 g/mol. The Bertz CT molecular complexity index is 531. The van der Waals surface area contributed by atoms with Gasteiger partial charge in [0.05, 0.1) is 6.54 Å². The third kappa shape index (κ3) is 4.62.